The molecule has 0 unspecified atom stereocenters. The molecular formula is C22H24FN5O5S. The van der Waals surface area contributed by atoms with Crippen molar-refractivity contribution in [2.75, 3.05) is 24.0 Å². The number of sulfone groups is 1. The Labute approximate surface area is 196 Å². The number of fused-ring (bicyclic) bond motifs is 1. The Balaban J connectivity index is 1.80. The van der Waals surface area contributed by atoms with Gasteiger partial charge in [-0.15, -0.1) is 0 Å². The number of aromatic nitrogens is 4. The van der Waals surface area contributed by atoms with Crippen molar-refractivity contribution in [1.82, 2.24) is 19.7 Å². The van der Waals surface area contributed by atoms with Crippen LogP contribution in [0.25, 0.3) is 11.1 Å². The first kappa shape index (κ1) is 23.6. The summed E-state index contributed by atoms with van der Waals surface area (Å²) in [7, 11) is -1.82. The van der Waals surface area contributed by atoms with Crippen LogP contribution in [0.5, 0.6) is 11.8 Å². The van der Waals surface area contributed by atoms with E-state index < -0.39 is 21.7 Å². The zero-order chi connectivity index (χ0) is 24.5. The molecule has 180 valence electrons. The number of ether oxygens (including phenoxy) is 2. The number of rotatable bonds is 6. The van der Waals surface area contributed by atoms with Crippen molar-refractivity contribution in [2.45, 2.75) is 32.4 Å². The fraction of sp³-hybridized carbons (Fsp3) is 0.364. The third-order valence-corrected chi connectivity index (χ3v) is 6.47. The highest BCUT2D eigenvalue weighted by Crippen LogP contribution is 2.44. The van der Waals surface area contributed by atoms with Crippen LogP contribution >= 0.6 is 0 Å². The summed E-state index contributed by atoms with van der Waals surface area (Å²) in [6, 6.07) is 3.45. The molecule has 1 aliphatic heterocycles. The number of halogens is 1. The van der Waals surface area contributed by atoms with Crippen molar-refractivity contribution in [1.29, 1.82) is 0 Å². The largest absolute Gasteiger partial charge is 0.452 e. The average Bonchev–Trinajstić information content (AvgIpc) is 3.27. The highest BCUT2D eigenvalue weighted by molar-refractivity contribution is 7.90. The van der Waals surface area contributed by atoms with Gasteiger partial charge in [-0.05, 0) is 31.9 Å². The minimum Gasteiger partial charge on any atom is -0.452 e. The minimum absolute atomic E-state index is 0.0446. The number of methoxy groups -OCH3 is 1. The molecule has 4 rings (SSSR count). The van der Waals surface area contributed by atoms with Crippen molar-refractivity contribution in [3.63, 3.8) is 0 Å². The lowest BCUT2D eigenvalue weighted by atomic mass is 9.92. The highest BCUT2D eigenvalue weighted by atomic mass is 32.2. The molecule has 0 saturated heterocycles. The minimum atomic E-state index is -3.15. The van der Waals surface area contributed by atoms with Crippen LogP contribution in [0.1, 0.15) is 18.9 Å². The quantitative estimate of drug-likeness (QED) is 0.518. The zero-order valence-electron chi connectivity index (χ0n) is 18.9. The first-order valence-electron chi connectivity index (χ1n) is 10.6. The number of carbonyl (C=O) groups is 1. The molecule has 0 spiro atoms. The van der Waals surface area contributed by atoms with Crippen LogP contribution in [0.2, 0.25) is 0 Å². The Morgan fingerprint density at radius 2 is 1.97 bits per heavy atom. The Bertz CT molecular complexity index is 1310. The molecule has 12 heteroatoms. The molecule has 1 atom stereocenters. The third-order valence-electron chi connectivity index (χ3n) is 5.54. The normalized spacial score (nSPS) is 15.6. The van der Waals surface area contributed by atoms with E-state index in [1.54, 1.807) is 23.4 Å². The van der Waals surface area contributed by atoms with Gasteiger partial charge in [0.15, 0.2) is 5.82 Å². The van der Waals surface area contributed by atoms with E-state index in [0.29, 0.717) is 35.4 Å². The van der Waals surface area contributed by atoms with E-state index >= 15 is 0 Å². The van der Waals surface area contributed by atoms with E-state index in [9.17, 15) is 17.6 Å². The van der Waals surface area contributed by atoms with Gasteiger partial charge in [-0.1, -0.05) is 0 Å². The maximum absolute atomic E-state index is 13.3. The second-order valence-corrected chi connectivity index (χ2v) is 10.3. The number of amides is 1. The first-order valence-corrected chi connectivity index (χ1v) is 12.6. The van der Waals surface area contributed by atoms with Gasteiger partial charge in [-0.3, -0.25) is 9.58 Å². The second kappa shape index (κ2) is 9.37. The molecule has 1 amide bonds. The number of hydrogen-bond donors (Lipinski definition) is 0. The lowest BCUT2D eigenvalue weighted by molar-refractivity contribution is 0.175. The molecule has 0 N–H and O–H groups in total. The van der Waals surface area contributed by atoms with E-state index in [1.165, 1.54) is 18.0 Å². The van der Waals surface area contributed by atoms with Gasteiger partial charge >= 0.3 is 12.1 Å². The number of anilines is 1. The molecule has 1 aromatic carbocycles. The van der Waals surface area contributed by atoms with Crippen molar-refractivity contribution < 1.29 is 27.1 Å². The van der Waals surface area contributed by atoms with Crippen LogP contribution in [0.4, 0.5) is 14.9 Å². The van der Waals surface area contributed by atoms with Crippen LogP contribution in [-0.4, -0.2) is 59.4 Å². The molecule has 0 bridgehead atoms. The van der Waals surface area contributed by atoms with E-state index in [0.717, 1.165) is 18.0 Å². The molecule has 10 nitrogen and oxygen atoms in total. The van der Waals surface area contributed by atoms with E-state index in [-0.39, 0.29) is 24.3 Å². The second-order valence-electron chi connectivity index (χ2n) is 8.08. The molecule has 3 heterocycles. The number of aryl methyl sites for hydroxylation is 1. The van der Waals surface area contributed by atoms with E-state index in [2.05, 4.69) is 15.1 Å². The summed E-state index contributed by atoms with van der Waals surface area (Å²) in [5.41, 5.74) is 2.71. The highest BCUT2D eigenvalue weighted by Gasteiger charge is 2.32. The summed E-state index contributed by atoms with van der Waals surface area (Å²) in [5, 5.41) is 4.27. The van der Waals surface area contributed by atoms with Crippen molar-refractivity contribution in [3.8, 4) is 22.9 Å². The Kier molecular flexibility index (Phi) is 6.51. The zero-order valence-corrected chi connectivity index (χ0v) is 19.7. The number of nitrogens with zero attached hydrogens (tertiary/aromatic N) is 5. The van der Waals surface area contributed by atoms with Crippen LogP contribution in [0.15, 0.2) is 36.9 Å². The molecule has 1 aliphatic rings. The number of carbonyl (C=O) groups excluding carboxylic acids is 1. The van der Waals surface area contributed by atoms with Gasteiger partial charge in [-0.2, -0.15) is 5.10 Å². The molecule has 0 aliphatic carbocycles. The fourth-order valence-electron chi connectivity index (χ4n) is 3.85. The maximum atomic E-state index is 13.3. The van der Waals surface area contributed by atoms with Gasteiger partial charge in [0, 0.05) is 35.2 Å². The monoisotopic (exact) mass is 489 g/mol. The van der Waals surface area contributed by atoms with Gasteiger partial charge in [0.1, 0.15) is 15.6 Å². The number of benzene rings is 1. The van der Waals surface area contributed by atoms with Crippen LogP contribution < -0.4 is 9.64 Å². The molecular weight excluding hydrogens is 465 g/mol. The average molecular weight is 490 g/mol. The van der Waals surface area contributed by atoms with Gasteiger partial charge < -0.3 is 9.47 Å². The smallest absolute Gasteiger partial charge is 0.414 e. The summed E-state index contributed by atoms with van der Waals surface area (Å²) in [5.74, 6) is -0.232. The van der Waals surface area contributed by atoms with Crippen molar-refractivity contribution in [3.05, 3.63) is 48.3 Å². The first-order chi connectivity index (χ1) is 16.2. The standard InChI is InChI=1S/C22H24FN5O5S/c1-14-4-5-18-19(28(14)22(29)32-2)7-6-17(20(18)33-21-24-11-16(23)12-25-21)15-10-26-27(13-15)8-9-34(3,30)31/h6-7,10-14H,4-5,8-9H2,1-3H3/t14-/m0/s1. The summed E-state index contributed by atoms with van der Waals surface area (Å²) in [6.07, 6.45) is 7.28. The Hall–Kier alpha value is -3.54. The molecule has 0 fully saturated rings. The molecule has 3 aromatic rings. The summed E-state index contributed by atoms with van der Waals surface area (Å²) < 4.78 is 48.9. The van der Waals surface area contributed by atoms with E-state index in [1.807, 2.05) is 13.0 Å². The Morgan fingerprint density at radius 1 is 1.24 bits per heavy atom. The van der Waals surface area contributed by atoms with Gasteiger partial charge in [0.05, 0.1) is 43.7 Å². The molecule has 2 aromatic heterocycles. The molecule has 0 radical (unpaired) electrons. The van der Waals surface area contributed by atoms with E-state index in [4.69, 9.17) is 9.47 Å². The fourth-order valence-corrected chi connectivity index (χ4v) is 4.37. The van der Waals surface area contributed by atoms with Crippen LogP contribution in [0.3, 0.4) is 0 Å². The van der Waals surface area contributed by atoms with Crippen molar-refractivity contribution >= 4 is 21.6 Å². The predicted molar refractivity (Wildman–Crippen MR) is 122 cm³/mol. The Morgan fingerprint density at radius 3 is 2.65 bits per heavy atom. The number of hydrogen-bond acceptors (Lipinski definition) is 8. The lowest BCUT2D eigenvalue weighted by Gasteiger charge is -2.35. The van der Waals surface area contributed by atoms with Gasteiger partial charge in [0.2, 0.25) is 0 Å². The van der Waals surface area contributed by atoms with Gasteiger partial charge in [-0.25, -0.2) is 27.6 Å². The summed E-state index contributed by atoms with van der Waals surface area (Å²) in [6.45, 7) is 2.14. The SMILES string of the molecule is COC(=O)N1c2ccc(-c3cnn(CCS(C)(=O)=O)c3)c(Oc3ncc(F)cn3)c2CC[C@@H]1C. The summed E-state index contributed by atoms with van der Waals surface area (Å²) in [4.78, 5) is 21.9. The van der Waals surface area contributed by atoms with Crippen molar-refractivity contribution in [2.24, 2.45) is 0 Å². The summed E-state index contributed by atoms with van der Waals surface area (Å²) >= 11 is 0. The molecule has 34 heavy (non-hydrogen) atoms. The predicted octanol–water partition coefficient (Wildman–Crippen LogP) is 3.22. The van der Waals surface area contributed by atoms with Crippen LogP contribution in [-0.2, 0) is 27.5 Å². The molecule has 0 saturated carbocycles. The maximum Gasteiger partial charge on any atom is 0.414 e. The third kappa shape index (κ3) is 5.01. The lowest BCUT2D eigenvalue weighted by Crippen LogP contribution is -2.42. The van der Waals surface area contributed by atoms with Crippen LogP contribution in [0, 0.1) is 5.82 Å². The van der Waals surface area contributed by atoms with Gasteiger partial charge in [0.25, 0.3) is 0 Å². The topological polar surface area (TPSA) is 117 Å².